The number of hydrogen-bond acceptors (Lipinski definition) is 3. The Labute approximate surface area is 82.7 Å². The number of primary amides is 1. The van der Waals surface area contributed by atoms with Crippen LogP contribution in [0.25, 0.3) is 0 Å². The zero-order valence-corrected chi connectivity index (χ0v) is 7.94. The molecular weight excluding hydrogens is 178 g/mol. The summed E-state index contributed by atoms with van der Waals surface area (Å²) in [6.45, 7) is 2.05. The van der Waals surface area contributed by atoms with E-state index in [1.807, 2.05) is 12.3 Å². The molecule has 0 aromatic carbocycles. The lowest BCUT2D eigenvalue weighted by Gasteiger charge is -2.26. The second-order valence-electron chi connectivity index (χ2n) is 3.57. The van der Waals surface area contributed by atoms with Gasteiger partial charge in [-0.2, -0.15) is 0 Å². The van der Waals surface area contributed by atoms with Crippen molar-refractivity contribution in [2.75, 3.05) is 13.1 Å². The van der Waals surface area contributed by atoms with Crippen molar-refractivity contribution >= 4 is 5.91 Å². The van der Waals surface area contributed by atoms with Crippen LogP contribution in [0.15, 0.2) is 18.5 Å². The summed E-state index contributed by atoms with van der Waals surface area (Å²) < 4.78 is 0. The van der Waals surface area contributed by atoms with Crippen LogP contribution in [0.4, 0.5) is 0 Å². The predicted octanol–water partition coefficient (Wildman–Crippen LogP) is -0.0750. The van der Waals surface area contributed by atoms with E-state index >= 15 is 0 Å². The summed E-state index contributed by atoms with van der Waals surface area (Å²) in [4.78, 5) is 16.9. The summed E-state index contributed by atoms with van der Waals surface area (Å²) in [6.07, 6.45) is 4.64. The molecule has 0 aliphatic carbocycles. The predicted molar refractivity (Wildman–Crippen MR) is 52.4 cm³/mol. The Morgan fingerprint density at radius 2 is 2.43 bits per heavy atom. The number of hydrogen-bond donors (Lipinski definition) is 1. The maximum atomic E-state index is 10.7. The second-order valence-corrected chi connectivity index (χ2v) is 3.57. The van der Waals surface area contributed by atoms with Crippen LogP contribution < -0.4 is 5.73 Å². The van der Waals surface area contributed by atoms with E-state index in [4.69, 9.17) is 5.73 Å². The third kappa shape index (κ3) is 1.90. The van der Waals surface area contributed by atoms with Crippen LogP contribution in [0.2, 0.25) is 0 Å². The van der Waals surface area contributed by atoms with E-state index in [0.717, 1.165) is 19.5 Å². The van der Waals surface area contributed by atoms with E-state index in [9.17, 15) is 4.79 Å². The van der Waals surface area contributed by atoms with Crippen LogP contribution in [0.3, 0.4) is 0 Å². The van der Waals surface area contributed by atoms with Gasteiger partial charge in [-0.3, -0.25) is 14.7 Å². The number of pyridine rings is 1. The normalized spacial score (nSPS) is 16.3. The molecule has 0 spiro atoms. The van der Waals surface area contributed by atoms with Crippen molar-refractivity contribution in [3.8, 4) is 0 Å². The lowest BCUT2D eigenvalue weighted by atomic mass is 10.0. The highest BCUT2D eigenvalue weighted by Crippen LogP contribution is 2.16. The Hall–Kier alpha value is -1.42. The molecule has 0 unspecified atom stereocenters. The first-order valence-electron chi connectivity index (χ1n) is 4.68. The summed E-state index contributed by atoms with van der Waals surface area (Å²) in [7, 11) is 0. The average molecular weight is 191 g/mol. The topological polar surface area (TPSA) is 59.2 Å². The van der Waals surface area contributed by atoms with Gasteiger partial charge >= 0.3 is 0 Å². The number of amides is 1. The van der Waals surface area contributed by atoms with Crippen molar-refractivity contribution in [3.63, 3.8) is 0 Å². The zero-order chi connectivity index (χ0) is 9.97. The largest absolute Gasteiger partial charge is 0.369 e. The fourth-order valence-corrected chi connectivity index (χ4v) is 1.79. The average Bonchev–Trinajstić information content (AvgIpc) is 2.17. The summed E-state index contributed by atoms with van der Waals surface area (Å²) >= 11 is 0. The number of carbonyl (C=O) groups is 1. The fraction of sp³-hybridized carbons (Fsp3) is 0.400. The van der Waals surface area contributed by atoms with Crippen molar-refractivity contribution in [1.82, 2.24) is 9.88 Å². The lowest BCUT2D eigenvalue weighted by molar-refractivity contribution is -0.119. The smallest absolute Gasteiger partial charge is 0.231 e. The lowest BCUT2D eigenvalue weighted by Crippen LogP contribution is -2.37. The quantitative estimate of drug-likeness (QED) is 0.711. The highest BCUT2D eigenvalue weighted by molar-refractivity contribution is 5.75. The van der Waals surface area contributed by atoms with Gasteiger partial charge < -0.3 is 5.73 Å². The minimum Gasteiger partial charge on any atom is -0.369 e. The molecule has 0 bridgehead atoms. The minimum atomic E-state index is -0.262. The first-order valence-corrected chi connectivity index (χ1v) is 4.68. The van der Waals surface area contributed by atoms with E-state index in [2.05, 4.69) is 9.88 Å². The molecule has 1 aliphatic heterocycles. The molecule has 0 atom stereocenters. The van der Waals surface area contributed by atoms with Crippen molar-refractivity contribution in [2.24, 2.45) is 5.73 Å². The minimum absolute atomic E-state index is 0.262. The SMILES string of the molecule is NC(=O)CN1CCc2cnccc2C1. The molecule has 1 aliphatic rings. The molecule has 14 heavy (non-hydrogen) atoms. The molecule has 0 fully saturated rings. The van der Waals surface area contributed by atoms with Crippen LogP contribution in [0, 0.1) is 0 Å². The summed E-state index contributed by atoms with van der Waals surface area (Å²) in [6, 6.07) is 2.00. The molecule has 2 heterocycles. The number of rotatable bonds is 2. The van der Waals surface area contributed by atoms with E-state index in [1.165, 1.54) is 11.1 Å². The molecule has 2 N–H and O–H groups in total. The number of fused-ring (bicyclic) bond motifs is 1. The second kappa shape index (κ2) is 3.75. The Kier molecular flexibility index (Phi) is 2.45. The first kappa shape index (κ1) is 9.15. The monoisotopic (exact) mass is 191 g/mol. The van der Waals surface area contributed by atoms with Crippen LogP contribution >= 0.6 is 0 Å². The molecule has 0 saturated heterocycles. The summed E-state index contributed by atoms with van der Waals surface area (Å²) in [5.74, 6) is -0.262. The number of nitrogens with zero attached hydrogens (tertiary/aromatic N) is 2. The molecule has 2 rings (SSSR count). The Bertz CT molecular complexity index is 351. The van der Waals surface area contributed by atoms with Gasteiger partial charge in [-0.15, -0.1) is 0 Å². The van der Waals surface area contributed by atoms with Gasteiger partial charge in [0.15, 0.2) is 0 Å². The third-order valence-corrected chi connectivity index (χ3v) is 2.48. The van der Waals surface area contributed by atoms with Crippen LogP contribution in [0.1, 0.15) is 11.1 Å². The molecule has 1 amide bonds. The van der Waals surface area contributed by atoms with Gasteiger partial charge in [-0.25, -0.2) is 0 Å². The van der Waals surface area contributed by atoms with Crippen molar-refractivity contribution in [2.45, 2.75) is 13.0 Å². The highest BCUT2D eigenvalue weighted by atomic mass is 16.1. The van der Waals surface area contributed by atoms with E-state index in [1.54, 1.807) is 6.20 Å². The van der Waals surface area contributed by atoms with Gasteiger partial charge in [0.05, 0.1) is 6.54 Å². The summed E-state index contributed by atoms with van der Waals surface area (Å²) in [5.41, 5.74) is 7.69. The molecule has 4 heteroatoms. The van der Waals surface area contributed by atoms with Crippen molar-refractivity contribution in [1.29, 1.82) is 0 Å². The Morgan fingerprint density at radius 3 is 3.21 bits per heavy atom. The molecule has 4 nitrogen and oxygen atoms in total. The van der Waals surface area contributed by atoms with E-state index in [-0.39, 0.29) is 5.91 Å². The van der Waals surface area contributed by atoms with Gasteiger partial charge in [-0.05, 0) is 23.6 Å². The molecule has 0 radical (unpaired) electrons. The maximum absolute atomic E-state index is 10.7. The van der Waals surface area contributed by atoms with Crippen LogP contribution in [-0.4, -0.2) is 28.9 Å². The van der Waals surface area contributed by atoms with Crippen molar-refractivity contribution < 1.29 is 4.79 Å². The summed E-state index contributed by atoms with van der Waals surface area (Å²) in [5, 5.41) is 0. The van der Waals surface area contributed by atoms with E-state index < -0.39 is 0 Å². The molecule has 1 aromatic rings. The number of nitrogens with two attached hydrogens (primary N) is 1. The fourth-order valence-electron chi connectivity index (χ4n) is 1.79. The maximum Gasteiger partial charge on any atom is 0.231 e. The van der Waals surface area contributed by atoms with Gasteiger partial charge in [0, 0.05) is 25.5 Å². The molecule has 74 valence electrons. The number of aromatic nitrogens is 1. The Morgan fingerprint density at radius 1 is 1.57 bits per heavy atom. The third-order valence-electron chi connectivity index (χ3n) is 2.48. The molecule has 0 saturated carbocycles. The van der Waals surface area contributed by atoms with Crippen LogP contribution in [-0.2, 0) is 17.8 Å². The highest BCUT2D eigenvalue weighted by Gasteiger charge is 2.16. The molecule has 1 aromatic heterocycles. The van der Waals surface area contributed by atoms with Crippen molar-refractivity contribution in [3.05, 3.63) is 29.6 Å². The number of carbonyl (C=O) groups excluding carboxylic acids is 1. The zero-order valence-electron chi connectivity index (χ0n) is 7.94. The molecular formula is C10H13N3O. The van der Waals surface area contributed by atoms with Gasteiger partial charge in [0.1, 0.15) is 0 Å². The standard InChI is InChI=1S/C10H13N3O/c11-10(14)7-13-4-2-8-5-12-3-1-9(8)6-13/h1,3,5H,2,4,6-7H2,(H2,11,14). The van der Waals surface area contributed by atoms with E-state index in [0.29, 0.717) is 6.54 Å². The van der Waals surface area contributed by atoms with Gasteiger partial charge in [0.2, 0.25) is 5.91 Å². The van der Waals surface area contributed by atoms with Gasteiger partial charge in [0.25, 0.3) is 0 Å². The first-order chi connectivity index (χ1) is 6.75. The van der Waals surface area contributed by atoms with Gasteiger partial charge in [-0.1, -0.05) is 0 Å². The van der Waals surface area contributed by atoms with Crippen LogP contribution in [0.5, 0.6) is 0 Å². The Balaban J connectivity index is 2.09.